The van der Waals surface area contributed by atoms with Gasteiger partial charge in [-0.25, -0.2) is 8.42 Å². The highest BCUT2D eigenvalue weighted by Crippen LogP contribution is 1.95. The zero-order chi connectivity index (χ0) is 15.4. The molecule has 0 saturated heterocycles. The number of sulfone groups is 1. The lowest BCUT2D eigenvalue weighted by Crippen LogP contribution is -2.43. The molecule has 0 aliphatic rings. The highest BCUT2D eigenvalue weighted by molar-refractivity contribution is 14.0. The summed E-state index contributed by atoms with van der Waals surface area (Å²) in [6.45, 7) is 6.31. The molecule has 0 aliphatic heterocycles. The Balaban J connectivity index is 0. The molecule has 0 heterocycles. The van der Waals surface area contributed by atoms with E-state index in [1.165, 1.54) is 6.26 Å². The Hall–Kier alpha value is -0.0900. The van der Waals surface area contributed by atoms with Crippen molar-refractivity contribution in [3.63, 3.8) is 0 Å². The number of hydrogen-bond acceptors (Lipinski definition) is 4. The fourth-order valence-corrected chi connectivity index (χ4v) is 2.35. The Morgan fingerprint density at radius 1 is 1.33 bits per heavy atom. The molecule has 0 aromatic heterocycles. The number of aliphatic imine (C=N–C) groups is 1. The van der Waals surface area contributed by atoms with E-state index in [1.54, 1.807) is 7.05 Å². The van der Waals surface area contributed by atoms with E-state index in [9.17, 15) is 8.42 Å². The summed E-state index contributed by atoms with van der Waals surface area (Å²) in [5, 5.41) is 6.39. The fourth-order valence-electron chi connectivity index (χ4n) is 1.57. The molecule has 8 heteroatoms. The first kappa shape index (κ1) is 23.2. The molecule has 0 aromatic rings. The van der Waals surface area contributed by atoms with Crippen LogP contribution >= 0.6 is 24.0 Å². The van der Waals surface area contributed by atoms with E-state index in [1.807, 2.05) is 13.8 Å². The van der Waals surface area contributed by atoms with Crippen LogP contribution in [0.25, 0.3) is 0 Å². The van der Waals surface area contributed by atoms with Crippen LogP contribution in [-0.2, 0) is 14.6 Å². The van der Waals surface area contributed by atoms with Crippen LogP contribution in [0.4, 0.5) is 0 Å². The Morgan fingerprint density at radius 2 is 2.00 bits per heavy atom. The zero-order valence-electron chi connectivity index (χ0n) is 13.5. The largest absolute Gasteiger partial charge is 0.382 e. The molecule has 0 amide bonds. The quantitative estimate of drug-likeness (QED) is 0.235. The van der Waals surface area contributed by atoms with E-state index in [4.69, 9.17) is 4.74 Å². The summed E-state index contributed by atoms with van der Waals surface area (Å²) in [5.41, 5.74) is 0. The Kier molecular flexibility index (Phi) is 15.0. The number of nitrogens with zero attached hydrogens (tertiary/aromatic N) is 1. The molecule has 0 rings (SSSR count). The average Bonchev–Trinajstić information content (AvgIpc) is 2.38. The van der Waals surface area contributed by atoms with E-state index in [0.717, 1.165) is 32.6 Å². The van der Waals surface area contributed by atoms with Crippen molar-refractivity contribution in [3.8, 4) is 0 Å². The third kappa shape index (κ3) is 16.1. The lowest BCUT2D eigenvalue weighted by molar-refractivity contribution is 0.143. The zero-order valence-corrected chi connectivity index (χ0v) is 16.7. The lowest BCUT2D eigenvalue weighted by atomic mass is 10.2. The van der Waals surface area contributed by atoms with Crippen molar-refractivity contribution in [3.05, 3.63) is 0 Å². The van der Waals surface area contributed by atoms with Gasteiger partial charge in [0.05, 0.1) is 5.75 Å². The minimum absolute atomic E-state index is 0. The molecule has 0 aliphatic carbocycles. The summed E-state index contributed by atoms with van der Waals surface area (Å²) in [4.78, 5) is 4.12. The molecule has 6 nitrogen and oxygen atoms in total. The number of rotatable bonds is 10. The lowest BCUT2D eigenvalue weighted by Gasteiger charge is -2.17. The summed E-state index contributed by atoms with van der Waals surface area (Å²) >= 11 is 0. The molecule has 1 unspecified atom stereocenters. The second-order valence-electron chi connectivity index (χ2n) is 4.87. The summed E-state index contributed by atoms with van der Waals surface area (Å²) in [7, 11) is -1.20. The van der Waals surface area contributed by atoms with E-state index < -0.39 is 9.84 Å². The molecule has 0 saturated carbocycles. The van der Waals surface area contributed by atoms with Gasteiger partial charge < -0.3 is 15.4 Å². The predicted molar refractivity (Wildman–Crippen MR) is 99.4 cm³/mol. The fraction of sp³-hybridized carbons (Fsp3) is 0.923. The first-order chi connectivity index (χ1) is 9.39. The molecule has 0 spiro atoms. The van der Waals surface area contributed by atoms with Gasteiger partial charge in [0, 0.05) is 39.1 Å². The first-order valence-corrected chi connectivity index (χ1v) is 9.17. The van der Waals surface area contributed by atoms with Gasteiger partial charge in [0.15, 0.2) is 5.96 Å². The van der Waals surface area contributed by atoms with Gasteiger partial charge in [0.2, 0.25) is 0 Å². The van der Waals surface area contributed by atoms with Crippen molar-refractivity contribution in [1.29, 1.82) is 0 Å². The summed E-state index contributed by atoms with van der Waals surface area (Å²) in [5.74, 6) is 0.898. The molecule has 0 radical (unpaired) electrons. The molecule has 2 N–H and O–H groups in total. The number of halogens is 1. The van der Waals surface area contributed by atoms with Gasteiger partial charge in [-0.15, -0.1) is 24.0 Å². The monoisotopic (exact) mass is 435 g/mol. The van der Waals surface area contributed by atoms with Crippen molar-refractivity contribution in [2.75, 3.05) is 38.8 Å². The number of ether oxygens (including phenoxy) is 1. The van der Waals surface area contributed by atoms with Crippen LogP contribution < -0.4 is 10.6 Å². The van der Waals surface area contributed by atoms with Crippen LogP contribution in [0.3, 0.4) is 0 Å². The summed E-state index contributed by atoms with van der Waals surface area (Å²) in [6, 6.07) is 0.0688. The van der Waals surface area contributed by atoms with E-state index in [-0.39, 0.29) is 35.8 Å². The number of hydrogen-bond donors (Lipinski definition) is 2. The van der Waals surface area contributed by atoms with Crippen molar-refractivity contribution in [2.24, 2.45) is 4.99 Å². The third-order valence-electron chi connectivity index (χ3n) is 2.74. The van der Waals surface area contributed by atoms with Crippen molar-refractivity contribution < 1.29 is 13.2 Å². The van der Waals surface area contributed by atoms with Gasteiger partial charge in [0.1, 0.15) is 9.84 Å². The molecule has 0 fully saturated rings. The van der Waals surface area contributed by atoms with Gasteiger partial charge in [-0.3, -0.25) is 4.99 Å². The van der Waals surface area contributed by atoms with Gasteiger partial charge in [-0.05, 0) is 33.1 Å². The SMILES string of the molecule is CCOCCCCNC(=NC)NC(C)CCS(C)(=O)=O.I. The van der Waals surface area contributed by atoms with Gasteiger partial charge in [-0.1, -0.05) is 0 Å². The van der Waals surface area contributed by atoms with Crippen molar-refractivity contribution in [1.82, 2.24) is 10.6 Å². The van der Waals surface area contributed by atoms with Crippen LogP contribution in [-0.4, -0.2) is 59.2 Å². The maximum absolute atomic E-state index is 11.1. The average molecular weight is 435 g/mol. The van der Waals surface area contributed by atoms with Crippen LogP contribution in [0.1, 0.15) is 33.1 Å². The maximum atomic E-state index is 11.1. The van der Waals surface area contributed by atoms with Gasteiger partial charge in [-0.2, -0.15) is 0 Å². The Morgan fingerprint density at radius 3 is 2.52 bits per heavy atom. The minimum Gasteiger partial charge on any atom is -0.382 e. The normalized spacial score (nSPS) is 13.4. The number of nitrogens with one attached hydrogen (secondary N) is 2. The van der Waals surface area contributed by atoms with Gasteiger partial charge >= 0.3 is 0 Å². The smallest absolute Gasteiger partial charge is 0.191 e. The number of guanidine groups is 1. The van der Waals surface area contributed by atoms with Crippen LogP contribution in [0.5, 0.6) is 0 Å². The molecule has 0 aromatic carbocycles. The highest BCUT2D eigenvalue weighted by Gasteiger charge is 2.09. The van der Waals surface area contributed by atoms with E-state index in [0.29, 0.717) is 12.4 Å². The Bertz CT molecular complexity index is 375. The third-order valence-corrected chi connectivity index (χ3v) is 3.72. The van der Waals surface area contributed by atoms with Crippen LogP contribution in [0.2, 0.25) is 0 Å². The molecule has 128 valence electrons. The molecule has 0 bridgehead atoms. The summed E-state index contributed by atoms with van der Waals surface area (Å²) < 4.78 is 27.5. The highest BCUT2D eigenvalue weighted by atomic mass is 127. The van der Waals surface area contributed by atoms with Crippen molar-refractivity contribution >= 4 is 39.8 Å². The van der Waals surface area contributed by atoms with Crippen LogP contribution in [0, 0.1) is 0 Å². The number of unbranched alkanes of at least 4 members (excludes halogenated alkanes) is 1. The van der Waals surface area contributed by atoms with Crippen molar-refractivity contribution in [2.45, 2.75) is 39.2 Å². The standard InChI is InChI=1S/C13H29N3O3S.HI/c1-5-19-10-7-6-9-15-13(14-3)16-12(2)8-11-20(4,17)18;/h12H,5-11H2,1-4H3,(H2,14,15,16);1H. The molecular weight excluding hydrogens is 405 g/mol. The topological polar surface area (TPSA) is 79.8 Å². The molecule has 1 atom stereocenters. The molecule has 21 heavy (non-hydrogen) atoms. The first-order valence-electron chi connectivity index (χ1n) is 7.11. The predicted octanol–water partition coefficient (Wildman–Crippen LogP) is 1.41. The summed E-state index contributed by atoms with van der Waals surface area (Å²) in [6.07, 6.45) is 3.86. The van der Waals surface area contributed by atoms with E-state index in [2.05, 4.69) is 15.6 Å². The maximum Gasteiger partial charge on any atom is 0.191 e. The Labute approximate surface area is 146 Å². The second-order valence-corrected chi connectivity index (χ2v) is 7.13. The molecular formula is C13H30IN3O3S. The van der Waals surface area contributed by atoms with Gasteiger partial charge in [0.25, 0.3) is 0 Å². The van der Waals surface area contributed by atoms with E-state index >= 15 is 0 Å². The minimum atomic E-state index is -2.91. The van der Waals surface area contributed by atoms with Crippen LogP contribution in [0.15, 0.2) is 4.99 Å². The second kappa shape index (κ2) is 13.6.